The molecule has 0 heterocycles. The molecule has 0 saturated carbocycles. The molecule has 124 valence electrons. The van der Waals surface area contributed by atoms with E-state index in [0.29, 0.717) is 0 Å². The molecule has 1 amide bonds. The van der Waals surface area contributed by atoms with E-state index in [-0.39, 0.29) is 17.4 Å². The van der Waals surface area contributed by atoms with Crippen molar-refractivity contribution in [2.24, 2.45) is 17.6 Å². The Morgan fingerprint density at radius 1 is 1.20 bits per heavy atom. The fraction of sp³-hybridized carbons (Fsp3) is 0.938. The molecular formula is C16H38N2O2. The molecule has 0 spiro atoms. The Hall–Kier alpha value is -0.610. The van der Waals surface area contributed by atoms with Gasteiger partial charge in [0.25, 0.3) is 0 Å². The van der Waals surface area contributed by atoms with Crippen LogP contribution in [-0.2, 0) is 9.53 Å². The summed E-state index contributed by atoms with van der Waals surface area (Å²) < 4.78 is 5.72. The molecular weight excluding hydrogens is 252 g/mol. The van der Waals surface area contributed by atoms with Crippen LogP contribution in [0.25, 0.3) is 0 Å². The summed E-state index contributed by atoms with van der Waals surface area (Å²) in [4.78, 5) is 9.92. The third-order valence-corrected chi connectivity index (χ3v) is 2.36. The first-order valence-corrected chi connectivity index (χ1v) is 7.70. The van der Waals surface area contributed by atoms with Gasteiger partial charge in [-0.2, -0.15) is 0 Å². The lowest BCUT2D eigenvalue weighted by Gasteiger charge is -2.25. The number of primary amides is 1. The largest absolute Gasteiger partial charge is 0.374 e. The minimum Gasteiger partial charge on any atom is -0.374 e. The summed E-state index contributed by atoms with van der Waals surface area (Å²) >= 11 is 0. The number of hydrogen-bond acceptors (Lipinski definition) is 3. The monoisotopic (exact) mass is 290 g/mol. The number of hydrogen-bond donors (Lipinski definition) is 2. The minimum absolute atomic E-state index is 0.00926. The van der Waals surface area contributed by atoms with E-state index < -0.39 is 0 Å². The number of rotatable bonds is 7. The van der Waals surface area contributed by atoms with Crippen molar-refractivity contribution in [3.05, 3.63) is 0 Å². The Morgan fingerprint density at radius 3 is 1.85 bits per heavy atom. The zero-order valence-electron chi connectivity index (χ0n) is 15.2. The highest BCUT2D eigenvalue weighted by Crippen LogP contribution is 2.09. The molecule has 0 radical (unpaired) electrons. The lowest BCUT2D eigenvalue weighted by molar-refractivity contribution is -0.120. The van der Waals surface area contributed by atoms with Crippen molar-refractivity contribution < 1.29 is 9.53 Å². The summed E-state index contributed by atoms with van der Waals surface area (Å²) in [6.07, 6.45) is 1.15. The van der Waals surface area contributed by atoms with Crippen LogP contribution in [0.15, 0.2) is 0 Å². The molecule has 0 aliphatic carbocycles. The molecule has 4 heteroatoms. The van der Waals surface area contributed by atoms with E-state index in [1.165, 1.54) is 0 Å². The van der Waals surface area contributed by atoms with E-state index in [2.05, 4.69) is 33.0 Å². The van der Waals surface area contributed by atoms with Crippen LogP contribution in [0.2, 0.25) is 0 Å². The molecule has 0 rings (SSSR count). The summed E-state index contributed by atoms with van der Waals surface area (Å²) in [6, 6.07) is 0. The Labute approximate surface area is 126 Å². The maximum absolute atomic E-state index is 9.92. The van der Waals surface area contributed by atoms with E-state index in [1.807, 2.05) is 20.9 Å². The quantitative estimate of drug-likeness (QED) is 0.757. The predicted molar refractivity (Wildman–Crippen MR) is 88.8 cm³/mol. The van der Waals surface area contributed by atoms with E-state index in [4.69, 9.17) is 10.5 Å². The zero-order valence-corrected chi connectivity index (χ0v) is 15.2. The highest BCUT2D eigenvalue weighted by atomic mass is 16.5. The number of likely N-dealkylation sites (N-methyl/N-ethyl adjacent to an activating group) is 1. The fourth-order valence-corrected chi connectivity index (χ4v) is 1.05. The van der Waals surface area contributed by atoms with Crippen LogP contribution in [0.5, 0.6) is 0 Å². The number of ether oxygens (including phenoxy) is 1. The van der Waals surface area contributed by atoms with Crippen molar-refractivity contribution in [1.29, 1.82) is 0 Å². The minimum atomic E-state index is -0.241. The maximum Gasteiger partial charge on any atom is 0.219 e. The first-order chi connectivity index (χ1) is 9.12. The number of carbonyl (C=O) groups excluding carboxylic acids is 1. The number of carbonyl (C=O) groups is 1. The molecule has 4 nitrogen and oxygen atoms in total. The van der Waals surface area contributed by atoms with Gasteiger partial charge < -0.3 is 15.8 Å². The molecule has 0 aromatic heterocycles. The van der Waals surface area contributed by atoms with E-state index >= 15 is 0 Å². The summed E-state index contributed by atoms with van der Waals surface area (Å²) in [7, 11) is 1.95. The van der Waals surface area contributed by atoms with Gasteiger partial charge in [-0.15, -0.1) is 0 Å². The molecule has 0 aromatic carbocycles. The molecule has 0 aliphatic heterocycles. The first kappa shape index (κ1) is 24.4. The lowest BCUT2D eigenvalue weighted by Crippen LogP contribution is -2.36. The van der Waals surface area contributed by atoms with Gasteiger partial charge in [0.2, 0.25) is 5.91 Å². The molecule has 0 fully saturated rings. The van der Waals surface area contributed by atoms with Crippen molar-refractivity contribution >= 4 is 5.91 Å². The van der Waals surface area contributed by atoms with Gasteiger partial charge in [-0.3, -0.25) is 4.79 Å². The van der Waals surface area contributed by atoms with Crippen LogP contribution >= 0.6 is 0 Å². The number of nitrogens with one attached hydrogen (secondary N) is 1. The molecule has 0 aliphatic rings. The van der Waals surface area contributed by atoms with Crippen molar-refractivity contribution in [2.45, 2.75) is 67.4 Å². The van der Waals surface area contributed by atoms with Crippen LogP contribution in [0.3, 0.4) is 0 Å². The first-order valence-electron chi connectivity index (χ1n) is 7.70. The topological polar surface area (TPSA) is 64.4 Å². The van der Waals surface area contributed by atoms with Crippen molar-refractivity contribution in [1.82, 2.24) is 5.32 Å². The van der Waals surface area contributed by atoms with Crippen molar-refractivity contribution in [3.8, 4) is 0 Å². The van der Waals surface area contributed by atoms with Crippen LogP contribution in [0.1, 0.15) is 61.8 Å². The SMILES string of the molecule is CC.CC(C)C(N)=O.CNCC(C)(C)OCCC(C)C. The highest BCUT2D eigenvalue weighted by molar-refractivity contribution is 5.75. The predicted octanol–water partition coefficient (Wildman–Crippen LogP) is 3.20. The van der Waals surface area contributed by atoms with Gasteiger partial charge in [0.05, 0.1) is 5.60 Å². The van der Waals surface area contributed by atoms with Crippen LogP contribution in [0.4, 0.5) is 0 Å². The Morgan fingerprint density at radius 2 is 1.60 bits per heavy atom. The van der Waals surface area contributed by atoms with Gasteiger partial charge in [0.1, 0.15) is 0 Å². The number of nitrogens with two attached hydrogens (primary N) is 1. The van der Waals surface area contributed by atoms with Crippen LogP contribution in [0, 0.1) is 11.8 Å². The highest BCUT2D eigenvalue weighted by Gasteiger charge is 2.16. The molecule has 3 N–H and O–H groups in total. The normalized spacial score (nSPS) is 10.6. The van der Waals surface area contributed by atoms with Crippen LogP contribution in [-0.4, -0.2) is 31.7 Å². The Balaban J connectivity index is -0.000000304. The molecule has 0 unspecified atom stereocenters. The van der Waals surface area contributed by atoms with Crippen molar-refractivity contribution in [3.63, 3.8) is 0 Å². The Kier molecular flexibility index (Phi) is 18.1. The third-order valence-electron chi connectivity index (χ3n) is 2.36. The second-order valence-corrected chi connectivity index (χ2v) is 5.88. The molecule has 20 heavy (non-hydrogen) atoms. The molecule has 0 bridgehead atoms. The van der Waals surface area contributed by atoms with Gasteiger partial charge in [0.15, 0.2) is 0 Å². The smallest absolute Gasteiger partial charge is 0.219 e. The van der Waals surface area contributed by atoms with Crippen LogP contribution < -0.4 is 11.1 Å². The maximum atomic E-state index is 9.92. The fourth-order valence-electron chi connectivity index (χ4n) is 1.05. The zero-order chi connectivity index (χ0) is 16.8. The van der Waals surface area contributed by atoms with Gasteiger partial charge in [0, 0.05) is 19.1 Å². The standard InChI is InChI=1S/C10H23NO.C4H9NO.C2H6/c1-9(2)6-7-12-10(3,4)8-11-5;1-3(2)4(5)6;1-2/h9,11H,6-8H2,1-5H3;3H,1-2H3,(H2,5,6);1-2H3. The molecule has 0 saturated heterocycles. The van der Waals surface area contributed by atoms with Gasteiger partial charge >= 0.3 is 0 Å². The van der Waals surface area contributed by atoms with Gasteiger partial charge in [-0.1, -0.05) is 41.5 Å². The Bertz CT molecular complexity index is 215. The number of amides is 1. The van der Waals surface area contributed by atoms with Crippen molar-refractivity contribution in [2.75, 3.05) is 20.2 Å². The second kappa shape index (κ2) is 14.8. The molecule has 0 atom stereocenters. The third kappa shape index (κ3) is 22.6. The summed E-state index contributed by atoms with van der Waals surface area (Å²) in [5, 5.41) is 3.12. The molecule has 0 aromatic rings. The lowest BCUT2D eigenvalue weighted by atomic mass is 10.1. The van der Waals surface area contributed by atoms with E-state index in [9.17, 15) is 4.79 Å². The summed E-state index contributed by atoms with van der Waals surface area (Å²) in [5.41, 5.74) is 4.77. The second-order valence-electron chi connectivity index (χ2n) is 5.88. The average molecular weight is 290 g/mol. The van der Waals surface area contributed by atoms with E-state index in [1.54, 1.807) is 13.8 Å². The van der Waals surface area contributed by atoms with Gasteiger partial charge in [-0.25, -0.2) is 0 Å². The summed E-state index contributed by atoms with van der Waals surface area (Å²) in [6.45, 7) is 18.0. The van der Waals surface area contributed by atoms with Gasteiger partial charge in [-0.05, 0) is 33.2 Å². The average Bonchev–Trinajstić information content (AvgIpc) is 2.31. The summed E-state index contributed by atoms with van der Waals surface area (Å²) in [5.74, 6) is 0.482. The van der Waals surface area contributed by atoms with E-state index in [0.717, 1.165) is 25.5 Å².